The second kappa shape index (κ2) is 4.85. The van der Waals surface area contributed by atoms with Crippen LogP contribution < -0.4 is 15.2 Å². The van der Waals surface area contributed by atoms with Crippen LogP contribution in [0.2, 0.25) is 0 Å². The van der Waals surface area contributed by atoms with E-state index < -0.39 is 0 Å². The summed E-state index contributed by atoms with van der Waals surface area (Å²) in [4.78, 5) is 0. The normalized spacial score (nSPS) is 14.8. The molecular weight excluding hydrogens is 382 g/mol. The number of thiophene rings is 1. The van der Waals surface area contributed by atoms with Crippen LogP contribution in [-0.2, 0) is 0 Å². The van der Waals surface area contributed by atoms with Gasteiger partial charge < -0.3 is 15.2 Å². The maximum Gasteiger partial charge on any atom is 0.231 e. The van der Waals surface area contributed by atoms with Crippen molar-refractivity contribution in [1.82, 2.24) is 0 Å². The van der Waals surface area contributed by atoms with E-state index in [2.05, 4.69) is 31.9 Å². The van der Waals surface area contributed by atoms with Crippen LogP contribution in [0.5, 0.6) is 11.5 Å². The minimum Gasteiger partial charge on any atom is -0.454 e. The van der Waals surface area contributed by atoms with Crippen molar-refractivity contribution >= 4 is 43.2 Å². The summed E-state index contributed by atoms with van der Waals surface area (Å²) in [6.45, 7) is 0.279. The Morgan fingerprint density at radius 1 is 1.17 bits per heavy atom. The molecule has 1 aliphatic rings. The molecule has 0 aliphatic carbocycles. The first kappa shape index (κ1) is 12.5. The molecule has 0 saturated heterocycles. The van der Waals surface area contributed by atoms with E-state index in [1.54, 1.807) is 11.3 Å². The fourth-order valence-electron chi connectivity index (χ4n) is 1.85. The molecule has 0 radical (unpaired) electrons. The summed E-state index contributed by atoms with van der Waals surface area (Å²) < 4.78 is 12.8. The topological polar surface area (TPSA) is 44.5 Å². The second-order valence-electron chi connectivity index (χ2n) is 3.87. The van der Waals surface area contributed by atoms with Crippen molar-refractivity contribution in [2.24, 2.45) is 5.73 Å². The predicted molar refractivity (Wildman–Crippen MR) is 78.3 cm³/mol. The lowest BCUT2D eigenvalue weighted by Crippen LogP contribution is -2.11. The average Bonchev–Trinajstić information content (AvgIpc) is 2.93. The molecule has 94 valence electrons. The Bertz CT molecular complexity index is 600. The van der Waals surface area contributed by atoms with Gasteiger partial charge in [0.2, 0.25) is 6.79 Å². The molecule has 0 fully saturated rings. The Balaban J connectivity index is 1.97. The van der Waals surface area contributed by atoms with E-state index in [9.17, 15) is 0 Å². The van der Waals surface area contributed by atoms with Crippen LogP contribution in [0.4, 0.5) is 0 Å². The van der Waals surface area contributed by atoms with Gasteiger partial charge in [-0.15, -0.1) is 11.3 Å². The van der Waals surface area contributed by atoms with Crippen LogP contribution in [0.1, 0.15) is 17.2 Å². The zero-order valence-electron chi connectivity index (χ0n) is 9.15. The minimum atomic E-state index is -0.184. The third-order valence-electron chi connectivity index (χ3n) is 2.77. The molecule has 1 aromatic carbocycles. The summed E-state index contributed by atoms with van der Waals surface area (Å²) in [5.74, 6) is 1.53. The van der Waals surface area contributed by atoms with Crippen molar-refractivity contribution in [1.29, 1.82) is 0 Å². The molecule has 3 rings (SSSR count). The molecule has 2 N–H and O–H groups in total. The van der Waals surface area contributed by atoms with Gasteiger partial charge in [0.25, 0.3) is 0 Å². The zero-order valence-corrected chi connectivity index (χ0v) is 13.1. The third-order valence-corrected chi connectivity index (χ3v) is 5.16. The first-order valence-electron chi connectivity index (χ1n) is 5.25. The van der Waals surface area contributed by atoms with Gasteiger partial charge in [-0.3, -0.25) is 0 Å². The lowest BCUT2D eigenvalue weighted by atomic mass is 10.0. The molecule has 1 aliphatic heterocycles. The fourth-order valence-corrected chi connectivity index (χ4v) is 4.78. The molecule has 3 nitrogen and oxygen atoms in total. The Hall–Kier alpha value is -0.560. The monoisotopic (exact) mass is 389 g/mol. The first-order chi connectivity index (χ1) is 8.65. The number of rotatable bonds is 2. The van der Waals surface area contributed by atoms with Crippen molar-refractivity contribution in [3.63, 3.8) is 0 Å². The van der Waals surface area contributed by atoms with E-state index in [0.29, 0.717) is 0 Å². The molecule has 1 unspecified atom stereocenters. The van der Waals surface area contributed by atoms with E-state index in [4.69, 9.17) is 15.2 Å². The number of ether oxygens (including phenoxy) is 2. The Kier molecular flexibility index (Phi) is 3.36. The van der Waals surface area contributed by atoms with E-state index in [-0.39, 0.29) is 12.8 Å². The van der Waals surface area contributed by atoms with Gasteiger partial charge in [0, 0.05) is 0 Å². The summed E-state index contributed by atoms with van der Waals surface area (Å²) in [6, 6.07) is 7.65. The van der Waals surface area contributed by atoms with Crippen LogP contribution in [0.3, 0.4) is 0 Å². The minimum absolute atomic E-state index is 0.184. The number of nitrogens with two attached hydrogens (primary N) is 1. The molecule has 2 aromatic rings. The fraction of sp³-hybridized carbons (Fsp3) is 0.167. The lowest BCUT2D eigenvalue weighted by molar-refractivity contribution is 0.174. The van der Waals surface area contributed by atoms with E-state index in [0.717, 1.165) is 30.2 Å². The number of fused-ring (bicyclic) bond motifs is 1. The maximum atomic E-state index is 6.28. The standard InChI is InChI=1S/C12H9Br2NO2S/c13-10-4-7(12(14)18-10)11(15)6-1-2-8-9(3-6)17-5-16-8/h1-4,11H,5,15H2. The van der Waals surface area contributed by atoms with E-state index in [1.165, 1.54) is 0 Å². The largest absolute Gasteiger partial charge is 0.454 e. The van der Waals surface area contributed by atoms with E-state index >= 15 is 0 Å². The summed E-state index contributed by atoms with van der Waals surface area (Å²) in [5, 5.41) is 0. The highest BCUT2D eigenvalue weighted by molar-refractivity contribution is 9.12. The highest BCUT2D eigenvalue weighted by Crippen LogP contribution is 2.39. The summed E-state index contributed by atoms with van der Waals surface area (Å²) in [6.07, 6.45) is 0. The van der Waals surface area contributed by atoms with Gasteiger partial charge in [-0.05, 0) is 61.2 Å². The van der Waals surface area contributed by atoms with Gasteiger partial charge in [0.05, 0.1) is 13.6 Å². The molecule has 18 heavy (non-hydrogen) atoms. The van der Waals surface area contributed by atoms with E-state index in [1.807, 2.05) is 24.3 Å². The number of benzene rings is 1. The molecule has 0 saturated carbocycles. The first-order valence-corrected chi connectivity index (χ1v) is 7.65. The van der Waals surface area contributed by atoms with Crippen molar-refractivity contribution in [2.45, 2.75) is 6.04 Å². The van der Waals surface area contributed by atoms with Crippen molar-refractivity contribution in [2.75, 3.05) is 6.79 Å². The number of hydrogen-bond donors (Lipinski definition) is 1. The molecule has 1 atom stereocenters. The van der Waals surface area contributed by atoms with Crippen molar-refractivity contribution in [3.05, 3.63) is 43.0 Å². The Morgan fingerprint density at radius 2 is 1.94 bits per heavy atom. The Labute approximate surface area is 125 Å². The van der Waals surface area contributed by atoms with Gasteiger partial charge in [-0.1, -0.05) is 6.07 Å². The molecule has 0 amide bonds. The highest BCUT2D eigenvalue weighted by Gasteiger charge is 2.19. The molecule has 1 aromatic heterocycles. The number of hydrogen-bond acceptors (Lipinski definition) is 4. The van der Waals surface area contributed by atoms with Gasteiger partial charge in [0.1, 0.15) is 0 Å². The van der Waals surface area contributed by atoms with Crippen LogP contribution in [0.15, 0.2) is 31.8 Å². The number of halogens is 2. The van der Waals surface area contributed by atoms with Crippen molar-refractivity contribution in [3.8, 4) is 11.5 Å². The SMILES string of the molecule is NC(c1ccc2c(c1)OCO2)c1cc(Br)sc1Br. The van der Waals surface area contributed by atoms with Crippen molar-refractivity contribution < 1.29 is 9.47 Å². The summed E-state index contributed by atoms with van der Waals surface area (Å²) >= 11 is 8.61. The quantitative estimate of drug-likeness (QED) is 0.841. The van der Waals surface area contributed by atoms with Crippen LogP contribution in [0.25, 0.3) is 0 Å². The van der Waals surface area contributed by atoms with Crippen LogP contribution >= 0.6 is 43.2 Å². The van der Waals surface area contributed by atoms with Gasteiger partial charge in [-0.2, -0.15) is 0 Å². The van der Waals surface area contributed by atoms with Gasteiger partial charge in [0.15, 0.2) is 11.5 Å². The maximum absolute atomic E-state index is 6.28. The molecule has 0 bridgehead atoms. The summed E-state index contributed by atoms with van der Waals surface area (Å²) in [5.41, 5.74) is 8.35. The van der Waals surface area contributed by atoms with Gasteiger partial charge >= 0.3 is 0 Å². The highest BCUT2D eigenvalue weighted by atomic mass is 79.9. The summed E-state index contributed by atoms with van der Waals surface area (Å²) in [7, 11) is 0. The van der Waals surface area contributed by atoms with Crippen LogP contribution in [0, 0.1) is 0 Å². The van der Waals surface area contributed by atoms with Crippen LogP contribution in [-0.4, -0.2) is 6.79 Å². The zero-order chi connectivity index (χ0) is 12.7. The third kappa shape index (κ3) is 2.18. The second-order valence-corrected chi connectivity index (χ2v) is 7.62. The lowest BCUT2D eigenvalue weighted by Gasteiger charge is -2.12. The smallest absolute Gasteiger partial charge is 0.231 e. The molecular formula is C12H9Br2NO2S. The Morgan fingerprint density at radius 3 is 2.67 bits per heavy atom. The molecule has 6 heteroatoms. The molecule has 0 spiro atoms. The predicted octanol–water partition coefficient (Wildman–Crippen LogP) is 4.05. The molecule has 2 heterocycles. The van der Waals surface area contributed by atoms with Gasteiger partial charge in [-0.25, -0.2) is 0 Å². The average molecular weight is 391 g/mol.